The Morgan fingerprint density at radius 2 is 1.80 bits per heavy atom. The van der Waals surface area contributed by atoms with Gasteiger partial charge in [-0.2, -0.15) is 0 Å². The third kappa shape index (κ3) is 4.44. The molecular formula is C11H19N3O4S2. The van der Waals surface area contributed by atoms with E-state index in [9.17, 15) is 16.8 Å². The van der Waals surface area contributed by atoms with Crippen LogP contribution in [0.15, 0.2) is 23.1 Å². The summed E-state index contributed by atoms with van der Waals surface area (Å²) in [5.74, 6) is -0.318. The Morgan fingerprint density at radius 1 is 1.15 bits per heavy atom. The summed E-state index contributed by atoms with van der Waals surface area (Å²) in [6.07, 6.45) is 0. The van der Waals surface area contributed by atoms with Gasteiger partial charge < -0.3 is 5.73 Å². The molecule has 0 radical (unpaired) electrons. The molecule has 0 heterocycles. The number of nitrogens with two attached hydrogens (primary N) is 1. The van der Waals surface area contributed by atoms with Crippen molar-refractivity contribution in [2.45, 2.75) is 18.7 Å². The van der Waals surface area contributed by atoms with E-state index >= 15 is 0 Å². The predicted octanol–water partition coefficient (Wildman–Crippen LogP) is -0.205. The van der Waals surface area contributed by atoms with Gasteiger partial charge in [-0.05, 0) is 24.6 Å². The summed E-state index contributed by atoms with van der Waals surface area (Å²) in [5.41, 5.74) is 6.46. The second-order valence-corrected chi connectivity index (χ2v) is 7.85. The molecule has 0 fully saturated rings. The van der Waals surface area contributed by atoms with Gasteiger partial charge in [0.25, 0.3) is 0 Å². The van der Waals surface area contributed by atoms with E-state index in [0.717, 1.165) is 0 Å². The van der Waals surface area contributed by atoms with Crippen LogP contribution in [0.5, 0.6) is 0 Å². The molecule has 4 N–H and O–H groups in total. The molecule has 20 heavy (non-hydrogen) atoms. The number of hydrogen-bond acceptors (Lipinski definition) is 5. The molecule has 0 aromatic heterocycles. The average molecular weight is 321 g/mol. The summed E-state index contributed by atoms with van der Waals surface area (Å²) < 4.78 is 51.5. The van der Waals surface area contributed by atoms with Gasteiger partial charge in [-0.3, -0.25) is 0 Å². The van der Waals surface area contributed by atoms with Crippen LogP contribution in [0.3, 0.4) is 0 Å². The van der Waals surface area contributed by atoms with Gasteiger partial charge in [0.15, 0.2) is 0 Å². The molecule has 9 heteroatoms. The van der Waals surface area contributed by atoms with Crippen molar-refractivity contribution in [3.05, 3.63) is 23.8 Å². The molecule has 1 rings (SSSR count). The molecule has 0 atom stereocenters. The van der Waals surface area contributed by atoms with E-state index in [1.54, 1.807) is 19.9 Å². The van der Waals surface area contributed by atoms with E-state index < -0.39 is 20.0 Å². The molecule has 0 unspecified atom stereocenters. The zero-order chi connectivity index (χ0) is 15.4. The molecule has 0 aliphatic carbocycles. The summed E-state index contributed by atoms with van der Waals surface area (Å²) >= 11 is 0. The molecule has 7 nitrogen and oxygen atoms in total. The normalized spacial score (nSPS) is 12.5. The Bertz CT molecular complexity index is 669. The highest BCUT2D eigenvalue weighted by Crippen LogP contribution is 2.19. The van der Waals surface area contributed by atoms with Crippen LogP contribution >= 0.6 is 0 Å². The second kappa shape index (κ2) is 6.53. The van der Waals surface area contributed by atoms with Gasteiger partial charge in [-0.25, -0.2) is 26.3 Å². The SMILES string of the molecule is CCNS(=O)(=O)CCNS(=O)(=O)c1cccc(N)c1C. The number of nitrogen functional groups attached to an aromatic ring is 1. The van der Waals surface area contributed by atoms with Crippen LogP contribution < -0.4 is 15.2 Å². The van der Waals surface area contributed by atoms with Gasteiger partial charge >= 0.3 is 0 Å². The third-order valence-electron chi connectivity index (χ3n) is 2.64. The number of benzene rings is 1. The summed E-state index contributed by atoms with van der Waals surface area (Å²) in [6.45, 7) is 3.31. The van der Waals surface area contributed by atoms with Crippen molar-refractivity contribution in [2.75, 3.05) is 24.6 Å². The minimum absolute atomic E-state index is 0.0540. The Kier molecular flexibility index (Phi) is 5.51. The molecule has 0 saturated carbocycles. The van der Waals surface area contributed by atoms with Crippen LogP contribution in [0.4, 0.5) is 5.69 Å². The maximum absolute atomic E-state index is 12.1. The highest BCUT2D eigenvalue weighted by molar-refractivity contribution is 7.90. The monoisotopic (exact) mass is 321 g/mol. The molecule has 0 amide bonds. The van der Waals surface area contributed by atoms with Gasteiger partial charge in [0.1, 0.15) is 0 Å². The second-order valence-electron chi connectivity index (χ2n) is 4.18. The van der Waals surface area contributed by atoms with Crippen LogP contribution in [0, 0.1) is 6.92 Å². The Morgan fingerprint density at radius 3 is 2.40 bits per heavy atom. The van der Waals surface area contributed by atoms with Gasteiger partial charge in [-0.15, -0.1) is 0 Å². The molecule has 114 valence electrons. The topological polar surface area (TPSA) is 118 Å². The number of hydrogen-bond donors (Lipinski definition) is 3. The van der Waals surface area contributed by atoms with Crippen molar-refractivity contribution in [3.63, 3.8) is 0 Å². The fraction of sp³-hybridized carbons (Fsp3) is 0.455. The van der Waals surface area contributed by atoms with Crippen LogP contribution in [-0.4, -0.2) is 35.7 Å². The molecule has 0 bridgehead atoms. The van der Waals surface area contributed by atoms with E-state index in [1.807, 2.05) is 0 Å². The minimum Gasteiger partial charge on any atom is -0.398 e. The lowest BCUT2D eigenvalue weighted by Crippen LogP contribution is -2.34. The Labute approximate surface area is 119 Å². The highest BCUT2D eigenvalue weighted by atomic mass is 32.2. The quantitative estimate of drug-likeness (QED) is 0.601. The first kappa shape index (κ1) is 16.9. The van der Waals surface area contributed by atoms with Crippen LogP contribution in [0.1, 0.15) is 12.5 Å². The van der Waals surface area contributed by atoms with Crippen molar-refractivity contribution in [1.82, 2.24) is 9.44 Å². The van der Waals surface area contributed by atoms with Crippen molar-refractivity contribution < 1.29 is 16.8 Å². The summed E-state index contributed by atoms with van der Waals surface area (Å²) in [6, 6.07) is 4.56. The highest BCUT2D eigenvalue weighted by Gasteiger charge is 2.18. The van der Waals surface area contributed by atoms with E-state index in [1.165, 1.54) is 12.1 Å². The zero-order valence-electron chi connectivity index (χ0n) is 11.4. The van der Waals surface area contributed by atoms with Crippen LogP contribution in [0.2, 0.25) is 0 Å². The number of rotatable bonds is 7. The molecule has 0 aliphatic heterocycles. The van der Waals surface area contributed by atoms with Gasteiger partial charge in [0.2, 0.25) is 20.0 Å². The maximum atomic E-state index is 12.1. The largest absolute Gasteiger partial charge is 0.398 e. The van der Waals surface area contributed by atoms with E-state index in [-0.39, 0.29) is 23.7 Å². The lowest BCUT2D eigenvalue weighted by Gasteiger charge is -2.11. The predicted molar refractivity (Wildman–Crippen MR) is 78.2 cm³/mol. The molecule has 0 spiro atoms. The van der Waals surface area contributed by atoms with Crippen molar-refractivity contribution in [1.29, 1.82) is 0 Å². The minimum atomic E-state index is -3.77. The van der Waals surface area contributed by atoms with Crippen LogP contribution in [0.25, 0.3) is 0 Å². The summed E-state index contributed by atoms with van der Waals surface area (Å²) in [5, 5.41) is 0. The standard InChI is InChI=1S/C11H19N3O4S2/c1-3-13-19(15,16)8-7-14-20(17,18)11-6-4-5-10(12)9(11)2/h4-6,13-14H,3,7-8,12H2,1-2H3. The Hall–Kier alpha value is -1.16. The van der Waals surface area contributed by atoms with E-state index in [0.29, 0.717) is 11.3 Å². The molecular weight excluding hydrogens is 302 g/mol. The summed E-state index contributed by atoms with van der Waals surface area (Å²) in [4.78, 5) is 0.0540. The molecule has 1 aromatic carbocycles. The van der Waals surface area contributed by atoms with Crippen molar-refractivity contribution in [2.24, 2.45) is 0 Å². The lowest BCUT2D eigenvalue weighted by molar-refractivity contribution is 0.576. The van der Waals surface area contributed by atoms with Gasteiger partial charge in [0, 0.05) is 18.8 Å². The van der Waals surface area contributed by atoms with Crippen LogP contribution in [-0.2, 0) is 20.0 Å². The molecule has 1 aromatic rings. The number of nitrogens with one attached hydrogen (secondary N) is 2. The third-order valence-corrected chi connectivity index (χ3v) is 5.72. The fourth-order valence-electron chi connectivity index (χ4n) is 1.60. The van der Waals surface area contributed by atoms with E-state index in [2.05, 4.69) is 9.44 Å². The van der Waals surface area contributed by atoms with Gasteiger partial charge in [0.05, 0.1) is 10.6 Å². The molecule has 0 saturated heterocycles. The summed E-state index contributed by atoms with van der Waals surface area (Å²) in [7, 11) is -7.23. The van der Waals surface area contributed by atoms with Crippen molar-refractivity contribution in [3.8, 4) is 0 Å². The maximum Gasteiger partial charge on any atom is 0.240 e. The molecule has 0 aliphatic rings. The van der Waals surface area contributed by atoms with Crippen molar-refractivity contribution >= 4 is 25.7 Å². The average Bonchev–Trinajstić information content (AvgIpc) is 2.31. The lowest BCUT2D eigenvalue weighted by atomic mass is 10.2. The number of anilines is 1. The Balaban J connectivity index is 2.79. The zero-order valence-corrected chi connectivity index (χ0v) is 13.0. The first-order chi connectivity index (χ1) is 9.19. The first-order valence-corrected chi connectivity index (χ1v) is 9.15. The van der Waals surface area contributed by atoms with E-state index in [4.69, 9.17) is 5.73 Å². The fourth-order valence-corrected chi connectivity index (χ4v) is 3.99. The number of sulfonamides is 2. The smallest absolute Gasteiger partial charge is 0.240 e. The first-order valence-electron chi connectivity index (χ1n) is 6.01. The van der Waals surface area contributed by atoms with Gasteiger partial charge in [-0.1, -0.05) is 13.0 Å².